The average Bonchev–Trinajstić information content (AvgIpc) is 3.46. The van der Waals surface area contributed by atoms with E-state index in [1.54, 1.807) is 10.9 Å². The third kappa shape index (κ3) is 4.37. The molecule has 0 radical (unpaired) electrons. The van der Waals surface area contributed by atoms with E-state index in [-0.39, 0.29) is 23.4 Å². The average molecular weight is 441 g/mol. The van der Waals surface area contributed by atoms with Crippen molar-refractivity contribution in [1.29, 1.82) is 0 Å². The highest BCUT2D eigenvalue weighted by atomic mass is 16.5. The highest BCUT2D eigenvalue weighted by molar-refractivity contribution is 5.88. The minimum Gasteiger partial charge on any atom is -0.478 e. The van der Waals surface area contributed by atoms with Crippen molar-refractivity contribution in [3.8, 4) is 11.4 Å². The first-order valence-electron chi connectivity index (χ1n) is 11.3. The first-order chi connectivity index (χ1) is 15.6. The molecule has 170 valence electrons. The highest BCUT2D eigenvalue weighted by Crippen LogP contribution is 2.39. The van der Waals surface area contributed by atoms with Crippen molar-refractivity contribution in [3.63, 3.8) is 0 Å². The number of piperazine rings is 1. The minimum atomic E-state index is -1.01. The van der Waals surface area contributed by atoms with Gasteiger partial charge >= 0.3 is 5.97 Å². The Labute approximate surface area is 186 Å². The standard InChI is InChI=1S/C22H28N6O4/c29-21(27-7-5-26(6-8-27)13-18-2-1-9-32-18)16-10-17(11-16)28-14-20(24-25-28)19-12-15(22(30)31)3-4-23-19/h3-4,12,14,16-18H,1-2,5-11,13H2,(H,30,31). The zero-order valence-electron chi connectivity index (χ0n) is 18.0. The van der Waals surface area contributed by atoms with Crippen LogP contribution in [0.4, 0.5) is 0 Å². The molecule has 5 rings (SSSR count). The minimum absolute atomic E-state index is 0.0332. The molecule has 3 fully saturated rings. The summed E-state index contributed by atoms with van der Waals surface area (Å²) in [7, 11) is 0. The van der Waals surface area contributed by atoms with E-state index in [0.29, 0.717) is 17.5 Å². The first-order valence-corrected chi connectivity index (χ1v) is 11.3. The predicted octanol–water partition coefficient (Wildman–Crippen LogP) is 1.31. The molecule has 0 aromatic carbocycles. The van der Waals surface area contributed by atoms with Gasteiger partial charge in [0, 0.05) is 51.4 Å². The van der Waals surface area contributed by atoms with Crippen LogP contribution >= 0.6 is 0 Å². The number of aromatic nitrogens is 4. The molecular formula is C22H28N6O4. The van der Waals surface area contributed by atoms with Gasteiger partial charge in [-0.1, -0.05) is 5.21 Å². The zero-order valence-corrected chi connectivity index (χ0v) is 18.0. The largest absolute Gasteiger partial charge is 0.478 e. The van der Waals surface area contributed by atoms with E-state index in [1.165, 1.54) is 18.3 Å². The molecule has 1 aliphatic carbocycles. The maximum absolute atomic E-state index is 12.9. The topological polar surface area (TPSA) is 114 Å². The summed E-state index contributed by atoms with van der Waals surface area (Å²) in [5.41, 5.74) is 1.17. The molecular weight excluding hydrogens is 412 g/mol. The molecule has 1 amide bonds. The number of carbonyl (C=O) groups excluding carboxylic acids is 1. The Morgan fingerprint density at radius 3 is 2.69 bits per heavy atom. The van der Waals surface area contributed by atoms with Gasteiger partial charge in [0.1, 0.15) is 5.69 Å². The van der Waals surface area contributed by atoms with Crippen LogP contribution in [0.3, 0.4) is 0 Å². The number of carbonyl (C=O) groups is 2. The maximum atomic E-state index is 12.9. The second kappa shape index (κ2) is 8.95. The van der Waals surface area contributed by atoms with Crippen molar-refractivity contribution < 1.29 is 19.4 Å². The van der Waals surface area contributed by atoms with Crippen LogP contribution in [-0.2, 0) is 9.53 Å². The predicted molar refractivity (Wildman–Crippen MR) is 114 cm³/mol. The van der Waals surface area contributed by atoms with E-state index in [0.717, 1.165) is 65.0 Å². The van der Waals surface area contributed by atoms with Crippen LogP contribution in [0.1, 0.15) is 42.1 Å². The third-order valence-corrected chi connectivity index (χ3v) is 6.79. The lowest BCUT2D eigenvalue weighted by Gasteiger charge is -2.41. The fourth-order valence-corrected chi connectivity index (χ4v) is 4.77. The van der Waals surface area contributed by atoms with E-state index in [4.69, 9.17) is 9.84 Å². The van der Waals surface area contributed by atoms with Gasteiger partial charge in [0.05, 0.1) is 29.6 Å². The Kier molecular flexibility index (Phi) is 5.88. The molecule has 1 N–H and O–H groups in total. The summed E-state index contributed by atoms with van der Waals surface area (Å²) in [6, 6.07) is 3.07. The number of rotatable bonds is 6. The molecule has 2 aliphatic heterocycles. The van der Waals surface area contributed by atoms with E-state index >= 15 is 0 Å². The fraction of sp³-hybridized carbons (Fsp3) is 0.591. The molecule has 0 bridgehead atoms. The summed E-state index contributed by atoms with van der Waals surface area (Å²) in [5, 5.41) is 17.5. The number of carboxylic acids is 1. The number of amides is 1. The van der Waals surface area contributed by atoms with Crippen molar-refractivity contribution >= 4 is 11.9 Å². The lowest BCUT2D eigenvalue weighted by Crippen LogP contribution is -2.53. The highest BCUT2D eigenvalue weighted by Gasteiger charge is 2.39. The summed E-state index contributed by atoms with van der Waals surface area (Å²) in [5.74, 6) is -0.728. The van der Waals surface area contributed by atoms with Crippen molar-refractivity contribution in [2.24, 2.45) is 5.92 Å². The molecule has 1 unspecified atom stereocenters. The lowest BCUT2D eigenvalue weighted by molar-refractivity contribution is -0.141. The number of aromatic carboxylic acids is 1. The van der Waals surface area contributed by atoms with Gasteiger partial charge in [-0.3, -0.25) is 14.7 Å². The molecule has 1 atom stereocenters. The normalized spacial score (nSPS) is 26.1. The van der Waals surface area contributed by atoms with Crippen molar-refractivity contribution in [1.82, 2.24) is 29.8 Å². The second-order valence-electron chi connectivity index (χ2n) is 8.90. The van der Waals surface area contributed by atoms with Gasteiger partial charge in [0.15, 0.2) is 0 Å². The molecule has 4 heterocycles. The van der Waals surface area contributed by atoms with Gasteiger partial charge in [-0.25, -0.2) is 9.48 Å². The number of hydrogen-bond donors (Lipinski definition) is 1. The van der Waals surface area contributed by atoms with Crippen LogP contribution in [0, 0.1) is 5.92 Å². The first kappa shape index (κ1) is 21.0. The molecule has 1 saturated carbocycles. The van der Waals surface area contributed by atoms with Crippen LogP contribution in [0.2, 0.25) is 0 Å². The van der Waals surface area contributed by atoms with Gasteiger partial charge in [-0.15, -0.1) is 5.10 Å². The molecule has 32 heavy (non-hydrogen) atoms. The molecule has 2 aromatic rings. The lowest BCUT2D eigenvalue weighted by atomic mass is 9.79. The Morgan fingerprint density at radius 2 is 1.97 bits per heavy atom. The van der Waals surface area contributed by atoms with Crippen LogP contribution in [0.5, 0.6) is 0 Å². The monoisotopic (exact) mass is 440 g/mol. The molecule has 10 nitrogen and oxygen atoms in total. The maximum Gasteiger partial charge on any atom is 0.335 e. The molecule has 2 aromatic heterocycles. The number of nitrogens with zero attached hydrogens (tertiary/aromatic N) is 6. The summed E-state index contributed by atoms with van der Waals surface area (Å²) < 4.78 is 7.50. The Bertz CT molecular complexity index is 974. The number of carboxylic acid groups (broad SMARTS) is 1. The van der Waals surface area contributed by atoms with Crippen molar-refractivity contribution in [2.75, 3.05) is 39.3 Å². The Morgan fingerprint density at radius 1 is 1.16 bits per heavy atom. The van der Waals surface area contributed by atoms with Crippen LogP contribution in [0.15, 0.2) is 24.5 Å². The zero-order chi connectivity index (χ0) is 22.1. The Hall–Kier alpha value is -2.85. The molecule has 0 spiro atoms. The summed E-state index contributed by atoms with van der Waals surface area (Å²) in [4.78, 5) is 32.7. The molecule has 10 heteroatoms. The molecule has 3 aliphatic rings. The summed E-state index contributed by atoms with van der Waals surface area (Å²) >= 11 is 0. The van der Waals surface area contributed by atoms with Gasteiger partial charge in [0.2, 0.25) is 5.91 Å². The van der Waals surface area contributed by atoms with Crippen LogP contribution in [-0.4, -0.2) is 92.2 Å². The van der Waals surface area contributed by atoms with E-state index in [9.17, 15) is 9.59 Å². The number of hydrogen-bond acceptors (Lipinski definition) is 7. The molecule has 2 saturated heterocycles. The third-order valence-electron chi connectivity index (χ3n) is 6.79. The van der Waals surface area contributed by atoms with Gasteiger partial charge in [-0.2, -0.15) is 0 Å². The summed E-state index contributed by atoms with van der Waals surface area (Å²) in [6.07, 6.45) is 7.40. The van der Waals surface area contributed by atoms with Crippen LogP contribution < -0.4 is 0 Å². The van der Waals surface area contributed by atoms with Gasteiger partial charge in [0.25, 0.3) is 0 Å². The van der Waals surface area contributed by atoms with Crippen molar-refractivity contribution in [3.05, 3.63) is 30.1 Å². The van der Waals surface area contributed by atoms with E-state index in [2.05, 4.69) is 20.2 Å². The van der Waals surface area contributed by atoms with Crippen molar-refractivity contribution in [2.45, 2.75) is 37.8 Å². The Balaban J connectivity index is 1.11. The van der Waals surface area contributed by atoms with Gasteiger partial charge < -0.3 is 14.7 Å². The second-order valence-corrected chi connectivity index (χ2v) is 8.90. The van der Waals surface area contributed by atoms with Crippen LogP contribution in [0.25, 0.3) is 11.4 Å². The van der Waals surface area contributed by atoms with E-state index < -0.39 is 5.97 Å². The number of pyridine rings is 1. The van der Waals surface area contributed by atoms with Gasteiger partial charge in [-0.05, 0) is 37.8 Å². The smallest absolute Gasteiger partial charge is 0.335 e. The SMILES string of the molecule is O=C(O)c1ccnc(-c2cn(C3CC(C(=O)N4CCN(CC5CCCO5)CC4)C3)nn2)c1. The number of ether oxygens (including phenoxy) is 1. The summed E-state index contributed by atoms with van der Waals surface area (Å²) in [6.45, 7) is 5.25. The fourth-order valence-electron chi connectivity index (χ4n) is 4.77. The van der Waals surface area contributed by atoms with E-state index in [1.807, 2.05) is 4.90 Å². The quantitative estimate of drug-likeness (QED) is 0.715.